The van der Waals surface area contributed by atoms with Gasteiger partial charge in [0.15, 0.2) is 0 Å². The van der Waals surface area contributed by atoms with Gasteiger partial charge in [-0.3, -0.25) is 9.59 Å². The molecule has 0 fully saturated rings. The molecule has 1 atom stereocenters. The van der Waals surface area contributed by atoms with Crippen molar-refractivity contribution >= 4 is 11.9 Å². The molecule has 1 amide bonds. The van der Waals surface area contributed by atoms with Gasteiger partial charge in [-0.15, -0.1) is 0 Å². The lowest BCUT2D eigenvalue weighted by Crippen LogP contribution is -2.54. The smallest absolute Gasteiger partial charge is 0.303 e. The number of carboxylic acids is 1. The monoisotopic (exact) mass is 236 g/mol. The first-order valence-corrected chi connectivity index (χ1v) is 5.28. The molecule has 1 aromatic carbocycles. The van der Waals surface area contributed by atoms with E-state index in [0.717, 1.165) is 5.56 Å². The second-order valence-corrected chi connectivity index (χ2v) is 4.08. The molecular weight excluding hydrogens is 220 g/mol. The Bertz CT molecular complexity index is 405. The number of nitrogens with two attached hydrogens (primary N) is 2. The summed E-state index contributed by atoms with van der Waals surface area (Å²) in [6.07, 6.45) is 0.106. The summed E-state index contributed by atoms with van der Waals surface area (Å²) in [6, 6.07) is 9.15. The minimum absolute atomic E-state index is 0.0343. The van der Waals surface area contributed by atoms with Gasteiger partial charge in [-0.25, -0.2) is 0 Å². The molecule has 17 heavy (non-hydrogen) atoms. The molecule has 0 aliphatic rings. The Morgan fingerprint density at radius 1 is 1.24 bits per heavy atom. The lowest BCUT2D eigenvalue weighted by molar-refractivity contribution is -0.137. The quantitative estimate of drug-likeness (QED) is 0.659. The van der Waals surface area contributed by atoms with E-state index in [-0.39, 0.29) is 19.3 Å². The van der Waals surface area contributed by atoms with Crippen LogP contribution in [0, 0.1) is 0 Å². The molecule has 0 radical (unpaired) electrons. The van der Waals surface area contributed by atoms with E-state index < -0.39 is 17.4 Å². The molecule has 0 spiro atoms. The lowest BCUT2D eigenvalue weighted by atomic mass is 9.86. The number of rotatable bonds is 6. The first-order valence-electron chi connectivity index (χ1n) is 5.28. The second kappa shape index (κ2) is 5.45. The normalized spacial score (nSPS) is 13.9. The topological polar surface area (TPSA) is 106 Å². The standard InChI is InChI=1S/C12H16N2O3/c13-11(17)12(14,7-6-10(15)16)8-9-4-2-1-3-5-9/h1-5H,6-8,14H2,(H2,13,17)(H,15,16)/t12-/m0/s1. The third-order valence-corrected chi connectivity index (χ3v) is 2.64. The van der Waals surface area contributed by atoms with Crippen LogP contribution in [0.2, 0.25) is 0 Å². The number of aliphatic carboxylic acids is 1. The molecule has 5 N–H and O–H groups in total. The SMILES string of the molecule is NC(=O)[C@](N)(CCC(=O)O)Cc1ccccc1. The van der Waals surface area contributed by atoms with Crippen LogP contribution in [0.4, 0.5) is 0 Å². The summed E-state index contributed by atoms with van der Waals surface area (Å²) in [6.45, 7) is 0. The van der Waals surface area contributed by atoms with E-state index in [1.807, 2.05) is 30.3 Å². The number of hydrogen-bond donors (Lipinski definition) is 3. The molecule has 0 saturated heterocycles. The summed E-state index contributed by atoms with van der Waals surface area (Å²) in [4.78, 5) is 21.9. The number of carbonyl (C=O) groups excluding carboxylic acids is 1. The van der Waals surface area contributed by atoms with Gasteiger partial charge in [0.2, 0.25) is 5.91 Å². The van der Waals surface area contributed by atoms with E-state index in [9.17, 15) is 9.59 Å². The maximum atomic E-state index is 11.3. The summed E-state index contributed by atoms with van der Waals surface area (Å²) in [5.41, 5.74) is 10.7. The van der Waals surface area contributed by atoms with Crippen molar-refractivity contribution in [2.45, 2.75) is 24.8 Å². The summed E-state index contributed by atoms with van der Waals surface area (Å²) in [5.74, 6) is -1.67. The molecular formula is C12H16N2O3. The van der Waals surface area contributed by atoms with E-state index in [2.05, 4.69) is 0 Å². The number of hydrogen-bond acceptors (Lipinski definition) is 3. The number of amides is 1. The van der Waals surface area contributed by atoms with Crippen molar-refractivity contribution in [3.05, 3.63) is 35.9 Å². The fourth-order valence-electron chi connectivity index (χ4n) is 1.59. The zero-order chi connectivity index (χ0) is 12.9. The zero-order valence-electron chi connectivity index (χ0n) is 9.43. The van der Waals surface area contributed by atoms with E-state index in [0.29, 0.717) is 0 Å². The predicted octanol–water partition coefficient (Wildman–Crippen LogP) is 0.277. The van der Waals surface area contributed by atoms with Crippen LogP contribution < -0.4 is 11.5 Å². The number of carbonyl (C=O) groups is 2. The van der Waals surface area contributed by atoms with Gasteiger partial charge in [0.1, 0.15) is 0 Å². The van der Waals surface area contributed by atoms with Crippen molar-refractivity contribution in [2.24, 2.45) is 11.5 Å². The van der Waals surface area contributed by atoms with Gasteiger partial charge in [-0.1, -0.05) is 30.3 Å². The Hall–Kier alpha value is -1.88. The Morgan fingerprint density at radius 2 is 1.82 bits per heavy atom. The summed E-state index contributed by atoms with van der Waals surface area (Å²) < 4.78 is 0. The molecule has 0 heterocycles. The summed E-state index contributed by atoms with van der Waals surface area (Å²) in [7, 11) is 0. The fraction of sp³-hybridized carbons (Fsp3) is 0.333. The number of primary amides is 1. The largest absolute Gasteiger partial charge is 0.481 e. The average molecular weight is 236 g/mol. The summed E-state index contributed by atoms with van der Waals surface area (Å²) >= 11 is 0. The highest BCUT2D eigenvalue weighted by Crippen LogP contribution is 2.16. The third kappa shape index (κ3) is 3.88. The Morgan fingerprint density at radius 3 is 2.29 bits per heavy atom. The average Bonchev–Trinajstić information content (AvgIpc) is 2.27. The molecule has 92 valence electrons. The highest BCUT2D eigenvalue weighted by molar-refractivity contribution is 5.85. The van der Waals surface area contributed by atoms with Crippen molar-refractivity contribution in [3.8, 4) is 0 Å². The molecule has 0 aliphatic carbocycles. The lowest BCUT2D eigenvalue weighted by Gasteiger charge is -2.25. The van der Waals surface area contributed by atoms with Crippen LogP contribution in [0.1, 0.15) is 18.4 Å². The van der Waals surface area contributed by atoms with Crippen molar-refractivity contribution in [3.63, 3.8) is 0 Å². The van der Waals surface area contributed by atoms with Crippen molar-refractivity contribution in [2.75, 3.05) is 0 Å². The van der Waals surface area contributed by atoms with E-state index >= 15 is 0 Å². The van der Waals surface area contributed by atoms with Crippen molar-refractivity contribution in [1.82, 2.24) is 0 Å². The van der Waals surface area contributed by atoms with Gasteiger partial charge in [0, 0.05) is 6.42 Å². The Kier molecular flexibility index (Phi) is 4.23. The first kappa shape index (κ1) is 13.2. The van der Waals surface area contributed by atoms with Crippen molar-refractivity contribution < 1.29 is 14.7 Å². The molecule has 1 rings (SSSR count). The van der Waals surface area contributed by atoms with Gasteiger partial charge >= 0.3 is 5.97 Å². The fourth-order valence-corrected chi connectivity index (χ4v) is 1.59. The first-order chi connectivity index (χ1) is 7.94. The molecule has 0 unspecified atom stereocenters. The maximum Gasteiger partial charge on any atom is 0.303 e. The van der Waals surface area contributed by atoms with E-state index in [4.69, 9.17) is 16.6 Å². The van der Waals surface area contributed by atoms with Crippen LogP contribution in [-0.2, 0) is 16.0 Å². The van der Waals surface area contributed by atoms with E-state index in [1.165, 1.54) is 0 Å². The van der Waals surface area contributed by atoms with Gasteiger partial charge in [-0.05, 0) is 18.4 Å². The van der Waals surface area contributed by atoms with Gasteiger partial charge in [0.25, 0.3) is 0 Å². The molecule has 5 nitrogen and oxygen atoms in total. The number of carboxylic acid groups (broad SMARTS) is 1. The van der Waals surface area contributed by atoms with Crippen LogP contribution in [-0.4, -0.2) is 22.5 Å². The Balaban J connectivity index is 2.78. The van der Waals surface area contributed by atoms with Crippen LogP contribution in [0.3, 0.4) is 0 Å². The molecule has 0 aliphatic heterocycles. The molecule has 0 aromatic heterocycles. The predicted molar refractivity (Wildman–Crippen MR) is 63.1 cm³/mol. The second-order valence-electron chi connectivity index (χ2n) is 4.08. The molecule has 5 heteroatoms. The highest BCUT2D eigenvalue weighted by Gasteiger charge is 2.32. The Labute approximate surface area is 99.4 Å². The van der Waals surface area contributed by atoms with Crippen LogP contribution in [0.15, 0.2) is 30.3 Å². The molecule has 0 saturated carbocycles. The minimum Gasteiger partial charge on any atom is -0.481 e. The summed E-state index contributed by atoms with van der Waals surface area (Å²) in [5, 5.41) is 8.62. The van der Waals surface area contributed by atoms with E-state index in [1.54, 1.807) is 0 Å². The number of benzene rings is 1. The van der Waals surface area contributed by atoms with Gasteiger partial charge < -0.3 is 16.6 Å². The van der Waals surface area contributed by atoms with Gasteiger partial charge in [0.05, 0.1) is 5.54 Å². The molecule has 0 bridgehead atoms. The highest BCUT2D eigenvalue weighted by atomic mass is 16.4. The molecule has 1 aromatic rings. The van der Waals surface area contributed by atoms with Gasteiger partial charge in [-0.2, -0.15) is 0 Å². The minimum atomic E-state index is -1.31. The van der Waals surface area contributed by atoms with Crippen molar-refractivity contribution in [1.29, 1.82) is 0 Å². The van der Waals surface area contributed by atoms with Crippen LogP contribution >= 0.6 is 0 Å². The van der Waals surface area contributed by atoms with Crippen LogP contribution in [0.25, 0.3) is 0 Å². The van der Waals surface area contributed by atoms with Crippen LogP contribution in [0.5, 0.6) is 0 Å². The third-order valence-electron chi connectivity index (χ3n) is 2.64. The maximum absolute atomic E-state index is 11.3. The zero-order valence-corrected chi connectivity index (χ0v) is 9.43.